The van der Waals surface area contributed by atoms with Crippen LogP contribution in [0.3, 0.4) is 0 Å². The summed E-state index contributed by atoms with van der Waals surface area (Å²) < 4.78 is 24.2. The predicted octanol–water partition coefficient (Wildman–Crippen LogP) is 0.775. The molecule has 116 valence electrons. The third-order valence-corrected chi connectivity index (χ3v) is 6.22. The second-order valence-corrected chi connectivity index (χ2v) is 8.23. The SMILES string of the molecule is CCCN1CCN(Cc2cccnc2)[C@@H]2CS(=O)(=O)C[C@@H]21. The number of rotatable bonds is 4. The molecule has 2 aliphatic rings. The zero-order chi connectivity index (χ0) is 14.9. The van der Waals surface area contributed by atoms with E-state index in [0.717, 1.165) is 38.2 Å². The summed E-state index contributed by atoms with van der Waals surface area (Å²) in [6.07, 6.45) is 4.72. The van der Waals surface area contributed by atoms with Crippen molar-refractivity contribution in [3.63, 3.8) is 0 Å². The summed E-state index contributed by atoms with van der Waals surface area (Å²) in [5, 5.41) is 0. The van der Waals surface area contributed by atoms with E-state index in [1.807, 2.05) is 12.3 Å². The molecule has 21 heavy (non-hydrogen) atoms. The Hall–Kier alpha value is -0.980. The molecular weight excluding hydrogens is 286 g/mol. The fourth-order valence-corrected chi connectivity index (χ4v) is 5.63. The van der Waals surface area contributed by atoms with Crippen molar-refractivity contribution in [3.05, 3.63) is 30.1 Å². The van der Waals surface area contributed by atoms with Crippen molar-refractivity contribution < 1.29 is 8.42 Å². The van der Waals surface area contributed by atoms with Gasteiger partial charge in [0.05, 0.1) is 11.5 Å². The van der Waals surface area contributed by atoms with E-state index in [9.17, 15) is 8.42 Å². The second kappa shape index (κ2) is 6.02. The minimum atomic E-state index is -2.90. The first-order valence-corrected chi connectivity index (χ1v) is 9.48. The lowest BCUT2D eigenvalue weighted by molar-refractivity contribution is 0.0405. The van der Waals surface area contributed by atoms with Gasteiger partial charge in [0, 0.05) is 44.1 Å². The van der Waals surface area contributed by atoms with E-state index in [1.165, 1.54) is 0 Å². The molecule has 6 heteroatoms. The van der Waals surface area contributed by atoms with Crippen LogP contribution in [0.25, 0.3) is 0 Å². The number of aromatic nitrogens is 1. The van der Waals surface area contributed by atoms with E-state index in [4.69, 9.17) is 0 Å². The van der Waals surface area contributed by atoms with Crippen molar-refractivity contribution in [2.24, 2.45) is 0 Å². The van der Waals surface area contributed by atoms with E-state index in [0.29, 0.717) is 11.5 Å². The molecule has 1 aromatic heterocycles. The Kier molecular flexibility index (Phi) is 4.28. The number of piperazine rings is 1. The van der Waals surface area contributed by atoms with Crippen LogP contribution in [0.4, 0.5) is 0 Å². The van der Waals surface area contributed by atoms with Crippen molar-refractivity contribution in [1.29, 1.82) is 0 Å². The maximum absolute atomic E-state index is 12.1. The maximum atomic E-state index is 12.1. The van der Waals surface area contributed by atoms with Gasteiger partial charge in [0.2, 0.25) is 0 Å². The highest BCUT2D eigenvalue weighted by atomic mass is 32.2. The highest BCUT2D eigenvalue weighted by Gasteiger charge is 2.45. The minimum absolute atomic E-state index is 0.135. The van der Waals surface area contributed by atoms with Gasteiger partial charge in [-0.05, 0) is 24.6 Å². The largest absolute Gasteiger partial charge is 0.297 e. The molecule has 3 heterocycles. The summed E-state index contributed by atoms with van der Waals surface area (Å²) >= 11 is 0. The summed E-state index contributed by atoms with van der Waals surface area (Å²) in [6, 6.07) is 4.30. The van der Waals surface area contributed by atoms with Gasteiger partial charge < -0.3 is 0 Å². The normalized spacial score (nSPS) is 29.4. The topological polar surface area (TPSA) is 53.5 Å². The minimum Gasteiger partial charge on any atom is -0.297 e. The van der Waals surface area contributed by atoms with E-state index >= 15 is 0 Å². The Morgan fingerprint density at radius 2 is 1.95 bits per heavy atom. The molecule has 0 aromatic carbocycles. The lowest BCUT2D eigenvalue weighted by Gasteiger charge is -2.44. The Morgan fingerprint density at radius 3 is 2.62 bits per heavy atom. The van der Waals surface area contributed by atoms with Crippen LogP contribution < -0.4 is 0 Å². The fourth-order valence-electron chi connectivity index (χ4n) is 3.58. The molecule has 0 spiro atoms. The molecule has 0 N–H and O–H groups in total. The van der Waals surface area contributed by atoms with E-state index in [2.05, 4.69) is 27.8 Å². The predicted molar refractivity (Wildman–Crippen MR) is 82.7 cm³/mol. The van der Waals surface area contributed by atoms with Gasteiger partial charge in [0.1, 0.15) is 0 Å². The van der Waals surface area contributed by atoms with Crippen molar-refractivity contribution in [1.82, 2.24) is 14.8 Å². The smallest absolute Gasteiger partial charge is 0.153 e. The lowest BCUT2D eigenvalue weighted by atomic mass is 10.0. The average Bonchev–Trinajstić information content (AvgIpc) is 2.79. The Bertz CT molecular complexity index is 576. The number of hydrogen-bond donors (Lipinski definition) is 0. The molecule has 0 aliphatic carbocycles. The lowest BCUT2D eigenvalue weighted by Crippen LogP contribution is -2.58. The van der Waals surface area contributed by atoms with Crippen LogP contribution in [0, 0.1) is 0 Å². The summed E-state index contributed by atoms with van der Waals surface area (Å²) in [5.74, 6) is 0.624. The average molecular weight is 309 g/mol. The molecule has 2 saturated heterocycles. The third kappa shape index (κ3) is 3.27. The van der Waals surface area contributed by atoms with Crippen molar-refractivity contribution >= 4 is 9.84 Å². The summed E-state index contributed by atoms with van der Waals surface area (Å²) in [6.45, 7) is 5.85. The van der Waals surface area contributed by atoms with Crippen molar-refractivity contribution in [2.45, 2.75) is 32.0 Å². The van der Waals surface area contributed by atoms with Crippen LogP contribution in [-0.4, -0.2) is 66.4 Å². The van der Waals surface area contributed by atoms with Crippen LogP contribution in [-0.2, 0) is 16.4 Å². The first kappa shape index (κ1) is 14.9. The Morgan fingerprint density at radius 1 is 1.24 bits per heavy atom. The van der Waals surface area contributed by atoms with Gasteiger partial charge in [-0.2, -0.15) is 0 Å². The maximum Gasteiger partial charge on any atom is 0.153 e. The molecule has 1 aromatic rings. The first-order chi connectivity index (χ1) is 10.1. The first-order valence-electron chi connectivity index (χ1n) is 7.66. The fraction of sp³-hybridized carbons (Fsp3) is 0.667. The molecule has 2 fully saturated rings. The molecule has 3 rings (SSSR count). The summed E-state index contributed by atoms with van der Waals surface area (Å²) in [7, 11) is -2.90. The quantitative estimate of drug-likeness (QED) is 0.822. The molecular formula is C15H23N3O2S. The summed E-state index contributed by atoms with van der Waals surface area (Å²) in [5.41, 5.74) is 1.16. The molecule has 0 saturated carbocycles. The van der Waals surface area contributed by atoms with Crippen molar-refractivity contribution in [2.75, 3.05) is 31.1 Å². The zero-order valence-corrected chi connectivity index (χ0v) is 13.3. The monoisotopic (exact) mass is 309 g/mol. The standard InChI is InChI=1S/C15H23N3O2S/c1-2-6-17-7-8-18(10-13-4-3-5-16-9-13)15-12-21(19,20)11-14(15)17/h3-5,9,14-15H,2,6-8,10-12H2,1H3/t14-,15+/m0/s1. The number of pyridine rings is 1. The third-order valence-electron chi connectivity index (χ3n) is 4.53. The molecule has 2 aliphatic heterocycles. The van der Waals surface area contributed by atoms with Crippen LogP contribution >= 0.6 is 0 Å². The molecule has 0 bridgehead atoms. The highest BCUT2D eigenvalue weighted by Crippen LogP contribution is 2.28. The Labute approximate surface area is 126 Å². The molecule has 0 amide bonds. The van der Waals surface area contributed by atoms with Gasteiger partial charge >= 0.3 is 0 Å². The van der Waals surface area contributed by atoms with E-state index in [-0.39, 0.29) is 12.1 Å². The van der Waals surface area contributed by atoms with Crippen LogP contribution in [0.15, 0.2) is 24.5 Å². The number of hydrogen-bond acceptors (Lipinski definition) is 5. The van der Waals surface area contributed by atoms with Gasteiger partial charge in [-0.1, -0.05) is 13.0 Å². The number of fused-ring (bicyclic) bond motifs is 1. The molecule has 5 nitrogen and oxygen atoms in total. The van der Waals surface area contributed by atoms with Gasteiger partial charge in [0.15, 0.2) is 9.84 Å². The Balaban J connectivity index is 1.78. The van der Waals surface area contributed by atoms with Gasteiger partial charge in [0.25, 0.3) is 0 Å². The van der Waals surface area contributed by atoms with Gasteiger partial charge in [-0.25, -0.2) is 8.42 Å². The number of sulfone groups is 1. The summed E-state index contributed by atoms with van der Waals surface area (Å²) in [4.78, 5) is 8.86. The van der Waals surface area contributed by atoms with Gasteiger partial charge in [-0.3, -0.25) is 14.8 Å². The highest BCUT2D eigenvalue weighted by molar-refractivity contribution is 7.91. The molecule has 0 unspecified atom stereocenters. The molecule has 2 atom stereocenters. The van der Waals surface area contributed by atoms with Gasteiger partial charge in [-0.15, -0.1) is 0 Å². The second-order valence-electron chi connectivity index (χ2n) is 6.08. The zero-order valence-electron chi connectivity index (χ0n) is 12.5. The van der Waals surface area contributed by atoms with Crippen LogP contribution in [0.2, 0.25) is 0 Å². The van der Waals surface area contributed by atoms with E-state index < -0.39 is 9.84 Å². The number of nitrogens with zero attached hydrogens (tertiary/aromatic N) is 3. The molecule has 0 radical (unpaired) electrons. The van der Waals surface area contributed by atoms with Crippen LogP contribution in [0.1, 0.15) is 18.9 Å². The van der Waals surface area contributed by atoms with Crippen LogP contribution in [0.5, 0.6) is 0 Å². The van der Waals surface area contributed by atoms with E-state index in [1.54, 1.807) is 6.20 Å². The van der Waals surface area contributed by atoms with Crippen molar-refractivity contribution in [3.8, 4) is 0 Å².